The molecule has 0 aromatic heterocycles. The van der Waals surface area contributed by atoms with Crippen molar-refractivity contribution >= 4 is 18.3 Å². The molecule has 2 aliphatic rings. The lowest BCUT2D eigenvalue weighted by Crippen LogP contribution is -2.54. The molecular formula is C21H25ClN2O. The highest BCUT2D eigenvalue weighted by Crippen LogP contribution is 2.38. The standard InChI is InChI=1S/C21H24N2O.ClH/c24-20(19-12-6-7-13-22-19)23-21(18-10-2-1-3-11-18)14-16-8-4-5-9-17(16)15-21;/h1-5,8-11,19,22H,6-7,12-15H2,(H,23,24);1H. The van der Waals surface area contributed by atoms with E-state index in [0.717, 1.165) is 32.2 Å². The summed E-state index contributed by atoms with van der Waals surface area (Å²) in [5.41, 5.74) is 3.57. The van der Waals surface area contributed by atoms with Crippen LogP contribution in [0.5, 0.6) is 0 Å². The second-order valence-corrected chi connectivity index (χ2v) is 7.06. The molecule has 0 saturated carbocycles. The maximum atomic E-state index is 12.9. The number of carbonyl (C=O) groups excluding carboxylic acids is 1. The van der Waals surface area contributed by atoms with Crippen LogP contribution >= 0.6 is 12.4 Å². The lowest BCUT2D eigenvalue weighted by Gasteiger charge is -2.34. The van der Waals surface area contributed by atoms with Crippen molar-refractivity contribution in [3.8, 4) is 0 Å². The Balaban J connectivity index is 0.00000182. The van der Waals surface area contributed by atoms with Crippen molar-refractivity contribution in [2.24, 2.45) is 0 Å². The SMILES string of the molecule is Cl.O=C(NC1(c2ccccc2)Cc2ccccc2C1)C1CCCCN1. The number of halogens is 1. The molecule has 25 heavy (non-hydrogen) atoms. The third-order valence-electron chi connectivity index (χ3n) is 5.42. The average molecular weight is 357 g/mol. The van der Waals surface area contributed by atoms with Crippen molar-refractivity contribution in [2.75, 3.05) is 6.54 Å². The third-order valence-corrected chi connectivity index (χ3v) is 5.42. The lowest BCUT2D eigenvalue weighted by atomic mass is 9.86. The summed E-state index contributed by atoms with van der Waals surface area (Å²) >= 11 is 0. The van der Waals surface area contributed by atoms with Crippen LogP contribution in [-0.2, 0) is 23.2 Å². The first-order chi connectivity index (χ1) is 11.8. The van der Waals surface area contributed by atoms with Crippen LogP contribution < -0.4 is 10.6 Å². The molecule has 1 unspecified atom stereocenters. The molecule has 1 aliphatic carbocycles. The van der Waals surface area contributed by atoms with Gasteiger partial charge in [-0.3, -0.25) is 4.79 Å². The van der Waals surface area contributed by atoms with E-state index in [-0.39, 0.29) is 29.9 Å². The van der Waals surface area contributed by atoms with Crippen molar-refractivity contribution in [1.82, 2.24) is 10.6 Å². The van der Waals surface area contributed by atoms with Crippen molar-refractivity contribution in [1.29, 1.82) is 0 Å². The molecule has 1 amide bonds. The number of amides is 1. The van der Waals surface area contributed by atoms with Crippen LogP contribution in [0.2, 0.25) is 0 Å². The number of nitrogens with one attached hydrogen (secondary N) is 2. The van der Waals surface area contributed by atoms with Gasteiger partial charge < -0.3 is 10.6 Å². The van der Waals surface area contributed by atoms with Crippen LogP contribution in [0.1, 0.15) is 36.0 Å². The number of fused-ring (bicyclic) bond motifs is 1. The molecule has 1 aliphatic heterocycles. The van der Waals surface area contributed by atoms with Crippen LogP contribution in [0.4, 0.5) is 0 Å². The highest BCUT2D eigenvalue weighted by molar-refractivity contribution is 5.85. The molecule has 4 heteroatoms. The van der Waals surface area contributed by atoms with Gasteiger partial charge in [-0.05, 0) is 36.1 Å². The van der Waals surface area contributed by atoms with Crippen molar-refractivity contribution < 1.29 is 4.79 Å². The summed E-state index contributed by atoms with van der Waals surface area (Å²) in [4.78, 5) is 12.9. The molecule has 132 valence electrons. The fraction of sp³-hybridized carbons (Fsp3) is 0.381. The van der Waals surface area contributed by atoms with Gasteiger partial charge in [0.25, 0.3) is 0 Å². The molecule has 1 atom stereocenters. The molecule has 4 rings (SSSR count). The Labute approximate surface area is 155 Å². The van der Waals surface area contributed by atoms with E-state index in [1.165, 1.54) is 23.1 Å². The summed E-state index contributed by atoms with van der Waals surface area (Å²) in [6.45, 7) is 0.941. The zero-order valence-corrected chi connectivity index (χ0v) is 15.1. The molecule has 2 N–H and O–H groups in total. The fourth-order valence-corrected chi connectivity index (χ4v) is 4.14. The average Bonchev–Trinajstić information content (AvgIpc) is 3.02. The van der Waals surface area contributed by atoms with E-state index < -0.39 is 0 Å². The summed E-state index contributed by atoms with van der Waals surface area (Å²) in [6, 6.07) is 18.9. The molecule has 2 aromatic rings. The summed E-state index contributed by atoms with van der Waals surface area (Å²) in [5.74, 6) is 0.145. The second-order valence-electron chi connectivity index (χ2n) is 7.06. The molecule has 0 radical (unpaired) electrons. The molecule has 1 fully saturated rings. The first-order valence-electron chi connectivity index (χ1n) is 8.95. The van der Waals surface area contributed by atoms with E-state index in [1.54, 1.807) is 0 Å². The predicted molar refractivity (Wildman–Crippen MR) is 103 cm³/mol. The zero-order chi connectivity index (χ0) is 16.4. The third kappa shape index (κ3) is 3.58. The molecule has 3 nitrogen and oxygen atoms in total. The largest absolute Gasteiger partial charge is 0.345 e. The normalized spacial score (nSPS) is 21.0. The summed E-state index contributed by atoms with van der Waals surface area (Å²) in [6.07, 6.45) is 4.96. The Morgan fingerprint density at radius 2 is 1.60 bits per heavy atom. The van der Waals surface area contributed by atoms with E-state index in [2.05, 4.69) is 59.2 Å². The number of hydrogen-bond donors (Lipinski definition) is 2. The fourth-order valence-electron chi connectivity index (χ4n) is 4.14. The van der Waals surface area contributed by atoms with Crippen molar-refractivity contribution in [3.63, 3.8) is 0 Å². The Morgan fingerprint density at radius 3 is 2.20 bits per heavy atom. The van der Waals surface area contributed by atoms with Gasteiger partial charge in [-0.2, -0.15) is 0 Å². The predicted octanol–water partition coefficient (Wildman–Crippen LogP) is 3.36. The van der Waals surface area contributed by atoms with Gasteiger partial charge in [-0.15, -0.1) is 12.4 Å². The topological polar surface area (TPSA) is 41.1 Å². The molecule has 0 bridgehead atoms. The van der Waals surface area contributed by atoms with Crippen LogP contribution in [0.15, 0.2) is 54.6 Å². The van der Waals surface area contributed by atoms with Gasteiger partial charge in [0.1, 0.15) is 0 Å². The number of benzene rings is 2. The van der Waals surface area contributed by atoms with Crippen LogP contribution in [0.3, 0.4) is 0 Å². The van der Waals surface area contributed by atoms with Gasteiger partial charge in [-0.1, -0.05) is 61.0 Å². The van der Waals surface area contributed by atoms with Gasteiger partial charge in [0.2, 0.25) is 5.91 Å². The summed E-state index contributed by atoms with van der Waals surface area (Å²) in [7, 11) is 0. The Morgan fingerprint density at radius 1 is 0.960 bits per heavy atom. The second kappa shape index (κ2) is 7.59. The van der Waals surface area contributed by atoms with E-state index in [4.69, 9.17) is 0 Å². The number of rotatable bonds is 3. The van der Waals surface area contributed by atoms with Gasteiger partial charge in [0, 0.05) is 12.8 Å². The minimum atomic E-state index is -0.318. The minimum absolute atomic E-state index is 0. The zero-order valence-electron chi connectivity index (χ0n) is 14.3. The molecule has 1 heterocycles. The van der Waals surface area contributed by atoms with Gasteiger partial charge in [0.15, 0.2) is 0 Å². The summed E-state index contributed by atoms with van der Waals surface area (Å²) < 4.78 is 0. The number of hydrogen-bond acceptors (Lipinski definition) is 2. The van der Waals surface area contributed by atoms with Gasteiger partial charge in [0.05, 0.1) is 11.6 Å². The lowest BCUT2D eigenvalue weighted by molar-refractivity contribution is -0.125. The minimum Gasteiger partial charge on any atom is -0.345 e. The first kappa shape index (κ1) is 18.0. The monoisotopic (exact) mass is 356 g/mol. The molecular weight excluding hydrogens is 332 g/mol. The maximum Gasteiger partial charge on any atom is 0.237 e. The number of carbonyl (C=O) groups is 1. The number of piperidine rings is 1. The Kier molecular flexibility index (Phi) is 5.45. The quantitative estimate of drug-likeness (QED) is 0.885. The van der Waals surface area contributed by atoms with E-state index in [1.807, 2.05) is 6.07 Å². The van der Waals surface area contributed by atoms with Crippen LogP contribution in [0, 0.1) is 0 Å². The van der Waals surface area contributed by atoms with E-state index in [0.29, 0.717) is 0 Å². The van der Waals surface area contributed by atoms with Crippen molar-refractivity contribution in [3.05, 3.63) is 71.3 Å². The first-order valence-corrected chi connectivity index (χ1v) is 8.95. The highest BCUT2D eigenvalue weighted by atomic mass is 35.5. The maximum absolute atomic E-state index is 12.9. The van der Waals surface area contributed by atoms with Gasteiger partial charge >= 0.3 is 0 Å². The molecule has 2 aromatic carbocycles. The van der Waals surface area contributed by atoms with E-state index >= 15 is 0 Å². The smallest absolute Gasteiger partial charge is 0.237 e. The van der Waals surface area contributed by atoms with Crippen molar-refractivity contribution in [2.45, 2.75) is 43.7 Å². The van der Waals surface area contributed by atoms with Crippen LogP contribution in [0.25, 0.3) is 0 Å². The highest BCUT2D eigenvalue weighted by Gasteiger charge is 2.41. The van der Waals surface area contributed by atoms with E-state index in [9.17, 15) is 4.79 Å². The van der Waals surface area contributed by atoms with Crippen LogP contribution in [-0.4, -0.2) is 18.5 Å². The Bertz CT molecular complexity index is 701. The van der Waals surface area contributed by atoms with Gasteiger partial charge in [-0.25, -0.2) is 0 Å². The molecule has 0 spiro atoms. The molecule has 1 saturated heterocycles. The summed E-state index contributed by atoms with van der Waals surface area (Å²) in [5, 5.41) is 6.79. The Hall–Kier alpha value is -1.84.